The molecule has 2 aromatic heterocycles. The Kier molecular flexibility index (Phi) is 7.08. The summed E-state index contributed by atoms with van der Waals surface area (Å²) < 4.78 is 6.02. The first-order valence-corrected chi connectivity index (χ1v) is 11.0. The molecule has 0 spiro atoms. The van der Waals surface area contributed by atoms with Gasteiger partial charge in [0.05, 0.1) is 0 Å². The van der Waals surface area contributed by atoms with E-state index < -0.39 is 0 Å². The normalized spacial score (nSPS) is 12.4. The smallest absolute Gasteiger partial charge is 0.373 e. The molecule has 2 heterocycles. The molecule has 0 amide bonds. The summed E-state index contributed by atoms with van der Waals surface area (Å²) in [6, 6.07) is 21.1. The first-order chi connectivity index (χ1) is 16.2. The van der Waals surface area contributed by atoms with Crippen LogP contribution in [0.3, 0.4) is 0 Å². The van der Waals surface area contributed by atoms with E-state index in [1.807, 2.05) is 24.3 Å². The summed E-state index contributed by atoms with van der Waals surface area (Å²) >= 11 is 0. The van der Waals surface area contributed by atoms with Gasteiger partial charge < -0.3 is 4.74 Å². The molecule has 1 N–H and O–H groups in total. The standard InChI is InChI=1S/C26H25N3O.CO2/c1-2-24-25(26(29-28-24)22-13-15-27-16-14-22)21-9-11-23(12-10-21)30-17-18-3-5-19(6-4-18)20-7-8-20;2-1-3/h3-6,9-16,20H,2,7-8,17H2,1H3,(H,28,29);. The zero-order valence-corrected chi connectivity index (χ0v) is 18.5. The van der Waals surface area contributed by atoms with Gasteiger partial charge in [0.2, 0.25) is 0 Å². The number of aromatic nitrogens is 3. The Morgan fingerprint density at radius 1 is 0.939 bits per heavy atom. The lowest BCUT2D eigenvalue weighted by atomic mass is 9.98. The Morgan fingerprint density at radius 2 is 1.61 bits per heavy atom. The fourth-order valence-electron chi connectivity index (χ4n) is 3.85. The molecular weight excluding hydrogens is 414 g/mol. The maximum Gasteiger partial charge on any atom is 0.373 e. The molecular formula is C27H25N3O3. The van der Waals surface area contributed by atoms with Crippen LogP contribution in [0.2, 0.25) is 0 Å². The molecule has 0 atom stereocenters. The van der Waals surface area contributed by atoms with E-state index in [4.69, 9.17) is 14.3 Å². The lowest BCUT2D eigenvalue weighted by molar-refractivity contribution is -0.191. The third-order valence-corrected chi connectivity index (χ3v) is 5.73. The molecule has 0 bridgehead atoms. The SMILES string of the molecule is CCc1[nH]nc(-c2ccncc2)c1-c1ccc(OCc2ccc(C3CC3)cc2)cc1.O=C=O. The molecule has 0 aliphatic heterocycles. The van der Waals surface area contributed by atoms with Gasteiger partial charge in [-0.15, -0.1) is 0 Å². The van der Waals surface area contributed by atoms with Crippen molar-refractivity contribution in [2.45, 2.75) is 38.7 Å². The molecule has 4 aromatic rings. The summed E-state index contributed by atoms with van der Waals surface area (Å²) in [6.45, 7) is 2.72. The van der Waals surface area contributed by atoms with Crippen molar-refractivity contribution in [3.63, 3.8) is 0 Å². The number of ether oxygens (including phenoxy) is 1. The molecule has 1 saturated carbocycles. The zero-order chi connectivity index (χ0) is 23.0. The van der Waals surface area contributed by atoms with Crippen LogP contribution in [-0.4, -0.2) is 21.3 Å². The van der Waals surface area contributed by atoms with E-state index in [1.54, 1.807) is 12.4 Å². The fourth-order valence-corrected chi connectivity index (χ4v) is 3.85. The van der Waals surface area contributed by atoms with Crippen molar-refractivity contribution in [3.05, 3.63) is 89.9 Å². The van der Waals surface area contributed by atoms with Gasteiger partial charge in [0.1, 0.15) is 18.1 Å². The number of hydrogen-bond acceptors (Lipinski definition) is 5. The lowest BCUT2D eigenvalue weighted by Crippen LogP contribution is -1.96. The van der Waals surface area contributed by atoms with Crippen LogP contribution in [0.1, 0.15) is 42.5 Å². The lowest BCUT2D eigenvalue weighted by Gasteiger charge is -2.09. The van der Waals surface area contributed by atoms with Crippen molar-refractivity contribution >= 4 is 6.15 Å². The predicted octanol–water partition coefficient (Wildman–Crippen LogP) is 5.57. The van der Waals surface area contributed by atoms with Crippen molar-refractivity contribution < 1.29 is 14.3 Å². The Bertz CT molecular complexity index is 1210. The molecule has 1 fully saturated rings. The van der Waals surface area contributed by atoms with Gasteiger partial charge in [-0.3, -0.25) is 10.1 Å². The number of rotatable bonds is 7. The summed E-state index contributed by atoms with van der Waals surface area (Å²) in [6.07, 6.45) is 7.41. The van der Waals surface area contributed by atoms with Crippen molar-refractivity contribution in [1.29, 1.82) is 0 Å². The van der Waals surface area contributed by atoms with Crippen molar-refractivity contribution in [3.8, 4) is 28.1 Å². The molecule has 0 unspecified atom stereocenters. The van der Waals surface area contributed by atoms with E-state index >= 15 is 0 Å². The highest BCUT2D eigenvalue weighted by molar-refractivity contribution is 5.82. The average molecular weight is 440 g/mol. The van der Waals surface area contributed by atoms with Gasteiger partial charge in [-0.25, -0.2) is 0 Å². The monoisotopic (exact) mass is 439 g/mol. The zero-order valence-electron chi connectivity index (χ0n) is 18.5. The molecule has 1 aliphatic rings. The molecule has 6 nitrogen and oxygen atoms in total. The van der Waals surface area contributed by atoms with E-state index in [0.29, 0.717) is 6.61 Å². The van der Waals surface area contributed by atoms with Crippen LogP contribution < -0.4 is 4.74 Å². The number of H-pyrrole nitrogens is 1. The number of aromatic amines is 1. The summed E-state index contributed by atoms with van der Waals surface area (Å²) in [4.78, 5) is 20.4. The van der Waals surface area contributed by atoms with Gasteiger partial charge >= 0.3 is 6.15 Å². The number of pyridine rings is 1. The highest BCUT2D eigenvalue weighted by atomic mass is 16.5. The second-order valence-corrected chi connectivity index (χ2v) is 7.93. The van der Waals surface area contributed by atoms with Crippen LogP contribution in [-0.2, 0) is 22.6 Å². The van der Waals surface area contributed by atoms with E-state index in [-0.39, 0.29) is 6.15 Å². The van der Waals surface area contributed by atoms with Gasteiger partial charge in [-0.2, -0.15) is 14.7 Å². The Labute approximate surface area is 192 Å². The van der Waals surface area contributed by atoms with Crippen LogP contribution in [0.25, 0.3) is 22.4 Å². The highest BCUT2D eigenvalue weighted by Gasteiger charge is 2.22. The van der Waals surface area contributed by atoms with Crippen LogP contribution in [0.5, 0.6) is 5.75 Å². The Hall–Kier alpha value is -4.02. The van der Waals surface area contributed by atoms with Crippen LogP contribution in [0.15, 0.2) is 73.1 Å². The van der Waals surface area contributed by atoms with Crippen LogP contribution in [0, 0.1) is 0 Å². The molecule has 33 heavy (non-hydrogen) atoms. The quantitative estimate of drug-likeness (QED) is 0.407. The summed E-state index contributed by atoms with van der Waals surface area (Å²) in [5, 5.41) is 7.77. The van der Waals surface area contributed by atoms with Crippen LogP contribution in [0.4, 0.5) is 0 Å². The number of carbonyl (C=O) groups excluding carboxylic acids is 2. The van der Waals surface area contributed by atoms with Crippen molar-refractivity contribution in [2.24, 2.45) is 0 Å². The van der Waals surface area contributed by atoms with Gasteiger partial charge in [-0.05, 0) is 66.1 Å². The average Bonchev–Trinajstić information content (AvgIpc) is 3.63. The molecule has 1 aliphatic carbocycles. The van der Waals surface area contributed by atoms with Crippen molar-refractivity contribution in [2.75, 3.05) is 0 Å². The molecule has 0 radical (unpaired) electrons. The third kappa shape index (κ3) is 5.43. The number of nitrogens with zero attached hydrogens (tertiary/aromatic N) is 2. The summed E-state index contributed by atoms with van der Waals surface area (Å²) in [5.41, 5.74) is 8.08. The third-order valence-electron chi connectivity index (χ3n) is 5.73. The van der Waals surface area contributed by atoms with E-state index in [9.17, 15) is 0 Å². The highest BCUT2D eigenvalue weighted by Crippen LogP contribution is 2.40. The molecule has 2 aromatic carbocycles. The predicted molar refractivity (Wildman–Crippen MR) is 124 cm³/mol. The minimum atomic E-state index is 0.250. The van der Waals surface area contributed by atoms with Crippen LogP contribution >= 0.6 is 0 Å². The van der Waals surface area contributed by atoms with Gasteiger partial charge in [0.15, 0.2) is 0 Å². The molecule has 5 rings (SSSR count). The second kappa shape index (κ2) is 10.5. The maximum absolute atomic E-state index is 8.12. The number of aryl methyl sites for hydroxylation is 1. The van der Waals surface area contributed by atoms with Gasteiger partial charge in [-0.1, -0.05) is 43.3 Å². The summed E-state index contributed by atoms with van der Waals surface area (Å²) in [5.74, 6) is 1.66. The molecule has 6 heteroatoms. The number of benzene rings is 2. The number of hydrogen-bond donors (Lipinski definition) is 1. The second-order valence-electron chi connectivity index (χ2n) is 7.93. The maximum atomic E-state index is 8.12. The fraction of sp³-hybridized carbons (Fsp3) is 0.222. The van der Waals surface area contributed by atoms with Gasteiger partial charge in [0.25, 0.3) is 0 Å². The number of nitrogens with one attached hydrogen (secondary N) is 1. The molecule has 0 saturated heterocycles. The van der Waals surface area contributed by atoms with E-state index in [0.717, 1.165) is 46.2 Å². The van der Waals surface area contributed by atoms with E-state index in [1.165, 1.54) is 24.0 Å². The first kappa shape index (κ1) is 22.2. The summed E-state index contributed by atoms with van der Waals surface area (Å²) in [7, 11) is 0. The van der Waals surface area contributed by atoms with Crippen molar-refractivity contribution in [1.82, 2.24) is 15.2 Å². The minimum absolute atomic E-state index is 0.250. The largest absolute Gasteiger partial charge is 0.489 e. The van der Waals surface area contributed by atoms with E-state index in [2.05, 4.69) is 58.5 Å². The minimum Gasteiger partial charge on any atom is -0.489 e. The Morgan fingerprint density at radius 3 is 2.21 bits per heavy atom. The first-order valence-electron chi connectivity index (χ1n) is 11.0. The topological polar surface area (TPSA) is 84.9 Å². The van der Waals surface area contributed by atoms with Gasteiger partial charge in [0, 0.05) is 29.2 Å². The molecule has 166 valence electrons. The Balaban J connectivity index is 0.000000821.